The zero-order chi connectivity index (χ0) is 13.4. The summed E-state index contributed by atoms with van der Waals surface area (Å²) in [5.74, 6) is 3.24. The third-order valence-corrected chi connectivity index (χ3v) is 2.39. The molecule has 0 aliphatic rings. The molecule has 0 saturated heterocycles. The van der Waals surface area contributed by atoms with Gasteiger partial charge < -0.3 is 14.8 Å². The highest BCUT2D eigenvalue weighted by Gasteiger charge is 2.06. The second kappa shape index (κ2) is 7.46. The fourth-order valence-electron chi connectivity index (χ4n) is 1.31. The first-order valence-corrected chi connectivity index (χ1v) is 5.80. The van der Waals surface area contributed by atoms with E-state index in [0.29, 0.717) is 18.0 Å². The maximum atomic E-state index is 11.0. The average molecular weight is 268 g/mol. The highest BCUT2D eigenvalue weighted by Crippen LogP contribution is 2.27. The van der Waals surface area contributed by atoms with Crippen LogP contribution in [0.4, 0.5) is 0 Å². The number of carbonyl (C=O) groups is 1. The van der Waals surface area contributed by atoms with Crippen molar-refractivity contribution in [2.24, 2.45) is 0 Å². The number of carbonyl (C=O) groups excluding carboxylic acids is 1. The minimum Gasteiger partial charge on any atom is -0.493 e. The number of benzene rings is 1. The number of alkyl halides is 1. The maximum absolute atomic E-state index is 11.0. The molecule has 18 heavy (non-hydrogen) atoms. The molecule has 0 aliphatic carbocycles. The minimum atomic E-state index is -0.224. The number of halogens is 1. The van der Waals surface area contributed by atoms with Crippen molar-refractivity contribution in [3.8, 4) is 23.8 Å². The topological polar surface area (TPSA) is 47.6 Å². The van der Waals surface area contributed by atoms with Crippen LogP contribution in [0.5, 0.6) is 11.5 Å². The van der Waals surface area contributed by atoms with Gasteiger partial charge in [0, 0.05) is 6.54 Å². The van der Waals surface area contributed by atoms with E-state index in [1.54, 1.807) is 19.2 Å². The molecule has 1 amide bonds. The molecule has 0 saturated carbocycles. The van der Waals surface area contributed by atoms with Crippen LogP contribution in [0.15, 0.2) is 18.2 Å². The number of rotatable bonds is 6. The van der Waals surface area contributed by atoms with E-state index in [0.717, 1.165) is 5.56 Å². The Morgan fingerprint density at radius 3 is 2.89 bits per heavy atom. The SMILES string of the molecule is C#CCOc1cc(CNC(=O)CCl)ccc1OC. The summed E-state index contributed by atoms with van der Waals surface area (Å²) in [5, 5.41) is 2.66. The van der Waals surface area contributed by atoms with Crippen LogP contribution in [0, 0.1) is 12.3 Å². The van der Waals surface area contributed by atoms with Gasteiger partial charge >= 0.3 is 0 Å². The van der Waals surface area contributed by atoms with Gasteiger partial charge in [-0.25, -0.2) is 0 Å². The van der Waals surface area contributed by atoms with Gasteiger partial charge in [-0.2, -0.15) is 0 Å². The lowest BCUT2D eigenvalue weighted by Crippen LogP contribution is -2.23. The van der Waals surface area contributed by atoms with Gasteiger partial charge in [0.25, 0.3) is 0 Å². The van der Waals surface area contributed by atoms with E-state index >= 15 is 0 Å². The van der Waals surface area contributed by atoms with Crippen molar-refractivity contribution in [2.45, 2.75) is 6.54 Å². The van der Waals surface area contributed by atoms with Crippen LogP contribution in [0.3, 0.4) is 0 Å². The fourth-order valence-corrected chi connectivity index (χ4v) is 1.41. The molecule has 96 valence electrons. The summed E-state index contributed by atoms with van der Waals surface area (Å²) in [6.45, 7) is 0.538. The normalized spacial score (nSPS) is 9.39. The van der Waals surface area contributed by atoms with Crippen molar-refractivity contribution >= 4 is 17.5 Å². The van der Waals surface area contributed by atoms with E-state index in [1.165, 1.54) is 0 Å². The average Bonchev–Trinajstić information content (AvgIpc) is 2.42. The van der Waals surface area contributed by atoms with Crippen molar-refractivity contribution in [3.63, 3.8) is 0 Å². The molecule has 0 radical (unpaired) electrons. The van der Waals surface area contributed by atoms with E-state index in [1.807, 2.05) is 6.07 Å². The second-order valence-electron chi connectivity index (χ2n) is 3.39. The summed E-state index contributed by atoms with van der Waals surface area (Å²) in [6.07, 6.45) is 5.13. The van der Waals surface area contributed by atoms with Crippen LogP contribution in [-0.2, 0) is 11.3 Å². The van der Waals surface area contributed by atoms with Gasteiger partial charge in [-0.05, 0) is 17.7 Å². The third kappa shape index (κ3) is 4.19. The molecule has 1 rings (SSSR count). The first-order chi connectivity index (χ1) is 8.71. The summed E-state index contributed by atoms with van der Waals surface area (Å²) in [4.78, 5) is 11.0. The number of nitrogens with one attached hydrogen (secondary N) is 1. The summed E-state index contributed by atoms with van der Waals surface area (Å²) >= 11 is 5.39. The lowest BCUT2D eigenvalue weighted by Gasteiger charge is -2.11. The molecule has 4 nitrogen and oxygen atoms in total. The summed E-state index contributed by atoms with van der Waals surface area (Å²) in [7, 11) is 1.55. The largest absolute Gasteiger partial charge is 0.493 e. The van der Waals surface area contributed by atoms with Crippen molar-refractivity contribution in [1.82, 2.24) is 5.32 Å². The molecule has 0 aliphatic heterocycles. The van der Waals surface area contributed by atoms with E-state index < -0.39 is 0 Å². The molecule has 0 bridgehead atoms. The fraction of sp³-hybridized carbons (Fsp3) is 0.308. The molecule has 5 heteroatoms. The van der Waals surface area contributed by atoms with Gasteiger partial charge in [0.1, 0.15) is 12.5 Å². The predicted octanol–water partition coefficient (Wildman–Crippen LogP) is 1.56. The maximum Gasteiger partial charge on any atom is 0.235 e. The van der Waals surface area contributed by atoms with Crippen LogP contribution >= 0.6 is 11.6 Å². The molecular weight excluding hydrogens is 254 g/mol. The molecule has 0 aromatic heterocycles. The summed E-state index contributed by atoms with van der Waals surface area (Å²) in [5.41, 5.74) is 0.876. The molecular formula is C13H14ClNO3. The molecule has 0 heterocycles. The molecule has 1 aromatic carbocycles. The summed E-state index contributed by atoms with van der Waals surface area (Å²) in [6, 6.07) is 5.36. The lowest BCUT2D eigenvalue weighted by molar-refractivity contribution is -0.118. The van der Waals surface area contributed by atoms with E-state index in [9.17, 15) is 4.79 Å². The van der Waals surface area contributed by atoms with Crippen LogP contribution in [0.2, 0.25) is 0 Å². The first kappa shape index (κ1) is 14.2. The van der Waals surface area contributed by atoms with E-state index in [4.69, 9.17) is 27.5 Å². The van der Waals surface area contributed by atoms with Gasteiger partial charge in [-0.15, -0.1) is 18.0 Å². The van der Waals surface area contributed by atoms with Gasteiger partial charge in [-0.1, -0.05) is 12.0 Å². The number of amides is 1. The number of terminal acetylenes is 1. The van der Waals surface area contributed by atoms with Crippen molar-refractivity contribution in [1.29, 1.82) is 0 Å². The van der Waals surface area contributed by atoms with Gasteiger partial charge in [-0.3, -0.25) is 4.79 Å². The highest BCUT2D eigenvalue weighted by molar-refractivity contribution is 6.27. The van der Waals surface area contributed by atoms with Gasteiger partial charge in [0.05, 0.1) is 7.11 Å². The predicted molar refractivity (Wildman–Crippen MR) is 69.9 cm³/mol. The molecule has 0 atom stereocenters. The Morgan fingerprint density at radius 2 is 2.28 bits per heavy atom. The zero-order valence-corrected chi connectivity index (χ0v) is 10.8. The third-order valence-electron chi connectivity index (χ3n) is 2.15. The Hall–Kier alpha value is -1.86. The number of methoxy groups -OCH3 is 1. The molecule has 0 unspecified atom stereocenters. The Labute approximate surface area is 111 Å². The monoisotopic (exact) mass is 267 g/mol. The smallest absolute Gasteiger partial charge is 0.235 e. The van der Waals surface area contributed by atoms with E-state index in [-0.39, 0.29) is 18.4 Å². The van der Waals surface area contributed by atoms with Gasteiger partial charge in [0.2, 0.25) is 5.91 Å². The molecule has 0 fully saturated rings. The quantitative estimate of drug-likeness (QED) is 0.629. The highest BCUT2D eigenvalue weighted by atomic mass is 35.5. The van der Waals surface area contributed by atoms with Crippen molar-refractivity contribution < 1.29 is 14.3 Å². The van der Waals surface area contributed by atoms with Crippen LogP contribution in [0.1, 0.15) is 5.56 Å². The number of hydrogen-bond donors (Lipinski definition) is 1. The van der Waals surface area contributed by atoms with E-state index in [2.05, 4.69) is 11.2 Å². The second-order valence-corrected chi connectivity index (χ2v) is 3.66. The minimum absolute atomic E-state index is 0.0589. The zero-order valence-electron chi connectivity index (χ0n) is 10.0. The van der Waals surface area contributed by atoms with Crippen LogP contribution in [0.25, 0.3) is 0 Å². The van der Waals surface area contributed by atoms with Crippen molar-refractivity contribution in [3.05, 3.63) is 23.8 Å². The Kier molecular flexibility index (Phi) is 5.89. The molecule has 1 N–H and O–H groups in total. The molecule has 0 spiro atoms. The van der Waals surface area contributed by atoms with Gasteiger partial charge in [0.15, 0.2) is 11.5 Å². The lowest BCUT2D eigenvalue weighted by atomic mass is 10.2. The Morgan fingerprint density at radius 1 is 1.50 bits per heavy atom. The van der Waals surface area contributed by atoms with Crippen molar-refractivity contribution in [2.75, 3.05) is 19.6 Å². The van der Waals surface area contributed by atoms with Crippen LogP contribution in [-0.4, -0.2) is 25.5 Å². The Bertz CT molecular complexity index is 454. The number of ether oxygens (including phenoxy) is 2. The first-order valence-electron chi connectivity index (χ1n) is 5.27. The van der Waals surface area contributed by atoms with Crippen LogP contribution < -0.4 is 14.8 Å². The molecule has 1 aromatic rings. The summed E-state index contributed by atoms with van der Waals surface area (Å²) < 4.78 is 10.5. The Balaban J connectivity index is 2.75. The number of hydrogen-bond acceptors (Lipinski definition) is 3. The standard InChI is InChI=1S/C13H14ClNO3/c1-3-6-18-12-7-10(4-5-11(12)17-2)9-15-13(16)8-14/h1,4-5,7H,6,8-9H2,2H3,(H,15,16).